The zero-order chi connectivity index (χ0) is 16.0. The highest BCUT2D eigenvalue weighted by molar-refractivity contribution is 14.1. The lowest BCUT2D eigenvalue weighted by molar-refractivity contribution is 0.0873. The molecule has 1 N–H and O–H groups in total. The molecule has 0 saturated heterocycles. The number of rotatable bonds is 7. The van der Waals surface area contributed by atoms with Crippen molar-refractivity contribution in [2.45, 2.75) is 65.4 Å². The van der Waals surface area contributed by atoms with Crippen molar-refractivity contribution in [2.24, 2.45) is 0 Å². The van der Waals surface area contributed by atoms with E-state index in [9.17, 15) is 0 Å². The molecule has 0 amide bonds. The molecular weight excluding hydrogens is 377 g/mol. The molecule has 5 heteroatoms. The van der Waals surface area contributed by atoms with Crippen LogP contribution in [0.5, 0.6) is 0 Å². The maximum absolute atomic E-state index is 5.59. The summed E-state index contributed by atoms with van der Waals surface area (Å²) in [6.45, 7) is 11.8. The highest BCUT2D eigenvalue weighted by Gasteiger charge is 2.25. The Labute approximate surface area is 142 Å². The Bertz CT molecular complexity index is 458. The van der Waals surface area contributed by atoms with Crippen LogP contribution in [-0.2, 0) is 10.2 Å². The fraction of sp³-hybridized carbons (Fsp3) is 0.750. The molecular formula is C16H28IN3O. The second-order valence-electron chi connectivity index (χ2n) is 6.28. The van der Waals surface area contributed by atoms with Gasteiger partial charge in [-0.15, -0.1) is 0 Å². The van der Waals surface area contributed by atoms with Crippen molar-refractivity contribution in [3.63, 3.8) is 0 Å². The molecule has 0 fully saturated rings. The Kier molecular flexibility index (Phi) is 7.33. The van der Waals surface area contributed by atoms with Crippen molar-refractivity contribution < 1.29 is 4.74 Å². The molecule has 120 valence electrons. The number of aromatic nitrogens is 2. The van der Waals surface area contributed by atoms with Crippen molar-refractivity contribution in [1.29, 1.82) is 0 Å². The summed E-state index contributed by atoms with van der Waals surface area (Å²) in [5, 5.41) is 3.42. The normalized spacial score (nSPS) is 13.3. The maximum Gasteiger partial charge on any atom is 0.159 e. The van der Waals surface area contributed by atoms with Gasteiger partial charge in [-0.1, -0.05) is 41.0 Å². The molecule has 1 heterocycles. The van der Waals surface area contributed by atoms with Crippen LogP contribution in [0.4, 0.5) is 5.82 Å². The zero-order valence-corrected chi connectivity index (χ0v) is 16.2. The first-order chi connectivity index (χ1) is 9.85. The van der Waals surface area contributed by atoms with E-state index >= 15 is 0 Å². The number of nitrogens with one attached hydrogen (secondary N) is 1. The molecule has 1 atom stereocenters. The molecule has 0 aliphatic carbocycles. The van der Waals surface area contributed by atoms with Gasteiger partial charge in [-0.2, -0.15) is 0 Å². The van der Waals surface area contributed by atoms with E-state index < -0.39 is 0 Å². The van der Waals surface area contributed by atoms with Gasteiger partial charge in [0.2, 0.25) is 0 Å². The third kappa shape index (κ3) is 5.06. The van der Waals surface area contributed by atoms with E-state index in [0.717, 1.165) is 46.7 Å². The van der Waals surface area contributed by atoms with E-state index in [4.69, 9.17) is 14.7 Å². The van der Waals surface area contributed by atoms with Crippen LogP contribution >= 0.6 is 22.6 Å². The van der Waals surface area contributed by atoms with E-state index in [1.165, 1.54) is 0 Å². The molecule has 0 aliphatic rings. The van der Waals surface area contributed by atoms with Crippen LogP contribution < -0.4 is 5.32 Å². The van der Waals surface area contributed by atoms with E-state index in [0.29, 0.717) is 0 Å². The second kappa shape index (κ2) is 8.27. The molecule has 21 heavy (non-hydrogen) atoms. The SMILES string of the molecule is CCCNc1nc(C(CCC)OC)nc(C(C)(C)C)c1I. The zero-order valence-electron chi connectivity index (χ0n) is 14.1. The average molecular weight is 405 g/mol. The van der Waals surface area contributed by atoms with Gasteiger partial charge in [0.1, 0.15) is 11.9 Å². The second-order valence-corrected chi connectivity index (χ2v) is 7.36. The molecule has 0 radical (unpaired) electrons. The van der Waals surface area contributed by atoms with Gasteiger partial charge in [-0.05, 0) is 35.4 Å². The number of ether oxygens (including phenoxy) is 1. The van der Waals surface area contributed by atoms with Crippen LogP contribution in [0.15, 0.2) is 0 Å². The number of nitrogens with zero attached hydrogens (tertiary/aromatic N) is 2. The minimum absolute atomic E-state index is 0.0125. The lowest BCUT2D eigenvalue weighted by atomic mass is 9.91. The van der Waals surface area contributed by atoms with Crippen LogP contribution in [0, 0.1) is 3.57 Å². The smallest absolute Gasteiger partial charge is 0.159 e. The van der Waals surface area contributed by atoms with Gasteiger partial charge in [0.25, 0.3) is 0 Å². The summed E-state index contributed by atoms with van der Waals surface area (Å²) in [6, 6.07) is 0. The molecule has 0 aliphatic heterocycles. The fourth-order valence-corrected chi connectivity index (χ4v) is 3.32. The maximum atomic E-state index is 5.59. The van der Waals surface area contributed by atoms with E-state index in [-0.39, 0.29) is 11.5 Å². The average Bonchev–Trinajstić information content (AvgIpc) is 2.42. The summed E-state index contributed by atoms with van der Waals surface area (Å²) < 4.78 is 6.70. The molecule has 0 aromatic carbocycles. The van der Waals surface area contributed by atoms with E-state index in [2.05, 4.69) is 62.5 Å². The summed E-state index contributed by atoms with van der Waals surface area (Å²) in [7, 11) is 1.73. The highest BCUT2D eigenvalue weighted by Crippen LogP contribution is 2.31. The number of anilines is 1. The first kappa shape index (κ1) is 18.6. The van der Waals surface area contributed by atoms with Gasteiger partial charge < -0.3 is 10.1 Å². The van der Waals surface area contributed by atoms with Crippen LogP contribution in [0.3, 0.4) is 0 Å². The Morgan fingerprint density at radius 2 is 1.86 bits per heavy atom. The predicted octanol–water partition coefficient (Wildman–Crippen LogP) is 4.69. The summed E-state index contributed by atoms with van der Waals surface area (Å²) >= 11 is 2.35. The topological polar surface area (TPSA) is 47.0 Å². The molecule has 0 saturated carbocycles. The van der Waals surface area contributed by atoms with Crippen LogP contribution in [0.25, 0.3) is 0 Å². The van der Waals surface area contributed by atoms with Crippen molar-refractivity contribution in [3.8, 4) is 0 Å². The molecule has 0 spiro atoms. The van der Waals surface area contributed by atoms with Gasteiger partial charge in [0.05, 0.1) is 9.26 Å². The Morgan fingerprint density at radius 3 is 2.33 bits per heavy atom. The summed E-state index contributed by atoms with van der Waals surface area (Å²) in [5.41, 5.74) is 1.08. The van der Waals surface area contributed by atoms with Crippen molar-refractivity contribution in [1.82, 2.24) is 9.97 Å². The first-order valence-electron chi connectivity index (χ1n) is 7.69. The molecule has 0 bridgehead atoms. The Morgan fingerprint density at radius 1 is 1.19 bits per heavy atom. The number of hydrogen-bond donors (Lipinski definition) is 1. The minimum Gasteiger partial charge on any atom is -0.373 e. The molecule has 1 aromatic heterocycles. The largest absolute Gasteiger partial charge is 0.373 e. The summed E-state index contributed by atoms with van der Waals surface area (Å²) in [6.07, 6.45) is 3.03. The monoisotopic (exact) mass is 405 g/mol. The first-order valence-corrected chi connectivity index (χ1v) is 8.77. The predicted molar refractivity (Wildman–Crippen MR) is 96.9 cm³/mol. The lowest BCUT2D eigenvalue weighted by Gasteiger charge is -2.24. The van der Waals surface area contributed by atoms with Gasteiger partial charge in [-0.3, -0.25) is 0 Å². The Hall–Kier alpha value is -0.430. The van der Waals surface area contributed by atoms with Crippen molar-refractivity contribution in [2.75, 3.05) is 19.0 Å². The third-order valence-electron chi connectivity index (χ3n) is 3.24. The molecule has 1 rings (SSSR count). The van der Waals surface area contributed by atoms with Gasteiger partial charge >= 0.3 is 0 Å². The molecule has 1 unspecified atom stereocenters. The van der Waals surface area contributed by atoms with Crippen molar-refractivity contribution >= 4 is 28.4 Å². The van der Waals surface area contributed by atoms with E-state index in [1.807, 2.05) is 0 Å². The minimum atomic E-state index is -0.0322. The van der Waals surface area contributed by atoms with Gasteiger partial charge in [-0.25, -0.2) is 9.97 Å². The lowest BCUT2D eigenvalue weighted by Crippen LogP contribution is -2.21. The molecule has 1 aromatic rings. The summed E-state index contributed by atoms with van der Waals surface area (Å²) in [5.74, 6) is 1.73. The number of methoxy groups -OCH3 is 1. The number of halogens is 1. The highest BCUT2D eigenvalue weighted by atomic mass is 127. The summed E-state index contributed by atoms with van der Waals surface area (Å²) in [4.78, 5) is 9.54. The van der Waals surface area contributed by atoms with Crippen LogP contribution in [-0.4, -0.2) is 23.6 Å². The van der Waals surface area contributed by atoms with Gasteiger partial charge in [0.15, 0.2) is 5.82 Å². The quantitative estimate of drug-likeness (QED) is 0.669. The van der Waals surface area contributed by atoms with Crippen molar-refractivity contribution in [3.05, 3.63) is 15.1 Å². The van der Waals surface area contributed by atoms with E-state index in [1.54, 1.807) is 7.11 Å². The number of hydrogen-bond acceptors (Lipinski definition) is 4. The molecule has 4 nitrogen and oxygen atoms in total. The van der Waals surface area contributed by atoms with Crippen LogP contribution in [0.1, 0.15) is 71.5 Å². The fourth-order valence-electron chi connectivity index (χ4n) is 2.08. The van der Waals surface area contributed by atoms with Crippen LogP contribution in [0.2, 0.25) is 0 Å². The Balaban J connectivity index is 3.31. The third-order valence-corrected chi connectivity index (χ3v) is 4.27. The van der Waals surface area contributed by atoms with Gasteiger partial charge in [0, 0.05) is 19.1 Å². The standard InChI is InChI=1S/C16H28IN3O/c1-7-9-11(21-6)14-19-13(16(3,4)5)12(17)15(20-14)18-10-8-2/h11H,7-10H2,1-6H3,(H,18,19,20).